The number of alkyl halides is 3. The monoisotopic (exact) mass is 416 g/mol. The number of amides is 1. The number of nitrogens with one attached hydrogen (secondary N) is 2. The van der Waals surface area contributed by atoms with E-state index in [9.17, 15) is 23.2 Å². The quantitative estimate of drug-likeness (QED) is 0.569. The predicted octanol–water partition coefficient (Wildman–Crippen LogP) is 4.00. The van der Waals surface area contributed by atoms with Gasteiger partial charge in [0.2, 0.25) is 0 Å². The van der Waals surface area contributed by atoms with E-state index in [1.54, 1.807) is 18.2 Å². The summed E-state index contributed by atoms with van der Waals surface area (Å²) < 4.78 is 44.7. The number of carbonyl (C=O) groups is 1. The van der Waals surface area contributed by atoms with Gasteiger partial charge in [0.1, 0.15) is 11.6 Å². The van der Waals surface area contributed by atoms with Gasteiger partial charge in [-0.1, -0.05) is 24.3 Å². The van der Waals surface area contributed by atoms with Crippen molar-refractivity contribution in [3.8, 4) is 6.07 Å². The summed E-state index contributed by atoms with van der Waals surface area (Å²) in [5.41, 5.74) is -0.220. The average molecular weight is 416 g/mol. The number of benzene rings is 2. The summed E-state index contributed by atoms with van der Waals surface area (Å²) in [4.78, 5) is 14.5. The Hall–Kier alpha value is -3.51. The second kappa shape index (κ2) is 9.33. The Morgan fingerprint density at radius 2 is 1.70 bits per heavy atom. The van der Waals surface area contributed by atoms with Crippen LogP contribution in [0.15, 0.2) is 60.3 Å². The summed E-state index contributed by atoms with van der Waals surface area (Å²) in [6.45, 7) is 2.58. The molecule has 2 N–H and O–H groups in total. The van der Waals surface area contributed by atoms with Crippen molar-refractivity contribution in [2.24, 2.45) is 0 Å². The zero-order chi connectivity index (χ0) is 21.6. The van der Waals surface area contributed by atoms with Crippen LogP contribution in [0.4, 0.5) is 30.2 Å². The molecule has 0 atom stereocenters. The highest BCUT2D eigenvalue weighted by molar-refractivity contribution is 6.07. The minimum atomic E-state index is -4.63. The molecule has 2 aromatic carbocycles. The van der Waals surface area contributed by atoms with E-state index in [2.05, 4.69) is 15.5 Å². The smallest absolute Gasteiger partial charge is 0.378 e. The molecule has 30 heavy (non-hydrogen) atoms. The van der Waals surface area contributed by atoms with Crippen LogP contribution >= 0.6 is 0 Å². The van der Waals surface area contributed by atoms with Crippen LogP contribution in [-0.2, 0) is 15.7 Å². The zero-order valence-corrected chi connectivity index (χ0v) is 15.9. The lowest BCUT2D eigenvalue weighted by Crippen LogP contribution is -2.36. The molecule has 3 rings (SSSR count). The number of hydrogen-bond acceptors (Lipinski definition) is 5. The van der Waals surface area contributed by atoms with Crippen LogP contribution in [0.25, 0.3) is 0 Å². The third-order valence-electron chi connectivity index (χ3n) is 4.47. The van der Waals surface area contributed by atoms with Gasteiger partial charge in [0, 0.05) is 19.3 Å². The van der Waals surface area contributed by atoms with Crippen LogP contribution in [0.5, 0.6) is 0 Å². The van der Waals surface area contributed by atoms with Gasteiger partial charge >= 0.3 is 6.18 Å². The molecule has 9 heteroatoms. The van der Waals surface area contributed by atoms with Crippen molar-refractivity contribution in [1.82, 2.24) is 0 Å². The van der Waals surface area contributed by atoms with Crippen LogP contribution in [0.2, 0.25) is 0 Å². The van der Waals surface area contributed by atoms with E-state index in [4.69, 9.17) is 4.74 Å². The molecule has 0 radical (unpaired) electrons. The third kappa shape index (κ3) is 5.10. The first-order valence-corrected chi connectivity index (χ1v) is 9.16. The Balaban J connectivity index is 1.78. The first kappa shape index (κ1) is 21.2. The fourth-order valence-electron chi connectivity index (χ4n) is 3.00. The molecule has 1 aliphatic heterocycles. The molecule has 0 unspecified atom stereocenters. The van der Waals surface area contributed by atoms with Crippen LogP contribution in [0, 0.1) is 11.3 Å². The lowest BCUT2D eigenvalue weighted by atomic mass is 10.1. The number of hydrogen-bond donors (Lipinski definition) is 2. The summed E-state index contributed by atoms with van der Waals surface area (Å²) in [7, 11) is 0. The topological polar surface area (TPSA) is 77.4 Å². The fraction of sp³-hybridized carbons (Fsp3) is 0.238. The van der Waals surface area contributed by atoms with E-state index in [1.165, 1.54) is 18.3 Å². The molecular weight excluding hydrogens is 397 g/mol. The molecule has 0 bridgehead atoms. The Labute approximate surface area is 171 Å². The van der Waals surface area contributed by atoms with Gasteiger partial charge in [-0.05, 0) is 24.3 Å². The van der Waals surface area contributed by atoms with E-state index in [0.29, 0.717) is 32.0 Å². The maximum Gasteiger partial charge on any atom is 0.418 e. The summed E-state index contributed by atoms with van der Waals surface area (Å²) >= 11 is 0. The number of anilines is 3. The van der Waals surface area contributed by atoms with Crippen molar-refractivity contribution in [2.75, 3.05) is 41.8 Å². The molecule has 0 spiro atoms. The molecule has 1 heterocycles. The minimum absolute atomic E-state index is 0.358. The molecule has 0 saturated carbocycles. The summed E-state index contributed by atoms with van der Waals surface area (Å²) in [5, 5.41) is 14.4. The van der Waals surface area contributed by atoms with Crippen molar-refractivity contribution < 1.29 is 22.7 Å². The highest BCUT2D eigenvalue weighted by Crippen LogP contribution is 2.34. The molecule has 0 aliphatic carbocycles. The fourth-order valence-corrected chi connectivity index (χ4v) is 3.00. The number of halogens is 3. The number of nitriles is 1. The van der Waals surface area contributed by atoms with E-state index in [1.807, 2.05) is 12.1 Å². The molecule has 1 saturated heterocycles. The Kier molecular flexibility index (Phi) is 6.59. The molecule has 6 nitrogen and oxygen atoms in total. The third-order valence-corrected chi connectivity index (χ3v) is 4.47. The van der Waals surface area contributed by atoms with Crippen LogP contribution in [0.3, 0.4) is 0 Å². The number of carbonyl (C=O) groups excluding carboxylic acids is 1. The largest absolute Gasteiger partial charge is 0.418 e. The number of ether oxygens (including phenoxy) is 1. The lowest BCUT2D eigenvalue weighted by Gasteiger charge is -2.30. The van der Waals surface area contributed by atoms with E-state index in [-0.39, 0.29) is 5.57 Å². The minimum Gasteiger partial charge on any atom is -0.378 e. The van der Waals surface area contributed by atoms with Gasteiger partial charge in [0.15, 0.2) is 0 Å². The first-order valence-electron chi connectivity index (χ1n) is 9.16. The van der Waals surface area contributed by atoms with E-state index < -0.39 is 23.3 Å². The van der Waals surface area contributed by atoms with Crippen LogP contribution in [0.1, 0.15) is 5.56 Å². The molecule has 0 aromatic heterocycles. The van der Waals surface area contributed by atoms with Gasteiger partial charge in [-0.15, -0.1) is 0 Å². The number of morpholine rings is 1. The predicted molar refractivity (Wildman–Crippen MR) is 107 cm³/mol. The SMILES string of the molecule is N#C/C(=C/Nc1ccccc1N1CCOCC1)C(=O)Nc1ccccc1C(F)(F)F. The Bertz CT molecular complexity index is 977. The maximum atomic E-state index is 13.1. The molecule has 1 fully saturated rings. The Morgan fingerprint density at radius 1 is 1.07 bits per heavy atom. The van der Waals surface area contributed by atoms with Crippen LogP contribution < -0.4 is 15.5 Å². The highest BCUT2D eigenvalue weighted by atomic mass is 19.4. The second-order valence-corrected chi connectivity index (χ2v) is 6.43. The average Bonchev–Trinajstić information content (AvgIpc) is 2.75. The van der Waals surface area contributed by atoms with Crippen molar-refractivity contribution in [3.05, 3.63) is 65.9 Å². The van der Waals surface area contributed by atoms with E-state index >= 15 is 0 Å². The zero-order valence-electron chi connectivity index (χ0n) is 15.9. The van der Waals surface area contributed by atoms with E-state index in [0.717, 1.165) is 17.8 Å². The standard InChI is InChI=1S/C21H19F3N4O2/c22-21(23,24)16-5-1-2-6-17(16)27-20(29)15(13-25)14-26-18-7-3-4-8-19(18)28-9-11-30-12-10-28/h1-8,14,26H,9-12H2,(H,27,29)/b15-14-. The van der Waals surface area contributed by atoms with Gasteiger partial charge in [-0.25, -0.2) is 0 Å². The maximum absolute atomic E-state index is 13.1. The number of rotatable bonds is 5. The van der Waals surface area contributed by atoms with Crippen molar-refractivity contribution in [2.45, 2.75) is 6.18 Å². The van der Waals surface area contributed by atoms with Gasteiger partial charge in [0.25, 0.3) is 5.91 Å². The van der Waals surface area contributed by atoms with Crippen molar-refractivity contribution >= 4 is 23.0 Å². The lowest BCUT2D eigenvalue weighted by molar-refractivity contribution is -0.137. The molecule has 156 valence electrons. The van der Waals surface area contributed by atoms with Gasteiger partial charge in [-0.2, -0.15) is 18.4 Å². The van der Waals surface area contributed by atoms with Crippen LogP contribution in [-0.4, -0.2) is 32.2 Å². The Morgan fingerprint density at radius 3 is 2.37 bits per heavy atom. The van der Waals surface area contributed by atoms with Gasteiger partial charge in [-0.3, -0.25) is 4.79 Å². The normalized spacial score (nSPS) is 14.7. The molecule has 1 amide bonds. The highest BCUT2D eigenvalue weighted by Gasteiger charge is 2.33. The summed E-state index contributed by atoms with van der Waals surface area (Å²) in [6, 6.07) is 13.7. The number of para-hydroxylation sites is 3. The number of nitrogens with zero attached hydrogens (tertiary/aromatic N) is 2. The molecule has 2 aromatic rings. The van der Waals surface area contributed by atoms with Crippen molar-refractivity contribution in [3.63, 3.8) is 0 Å². The molecule has 1 aliphatic rings. The van der Waals surface area contributed by atoms with Crippen molar-refractivity contribution in [1.29, 1.82) is 5.26 Å². The first-order chi connectivity index (χ1) is 14.4. The van der Waals surface area contributed by atoms with Gasteiger partial charge in [0.05, 0.1) is 35.8 Å². The summed E-state index contributed by atoms with van der Waals surface area (Å²) in [6.07, 6.45) is -3.44. The second-order valence-electron chi connectivity index (χ2n) is 6.43. The van der Waals surface area contributed by atoms with Gasteiger partial charge < -0.3 is 20.3 Å². The molecular formula is C21H19F3N4O2. The summed E-state index contributed by atoms with van der Waals surface area (Å²) in [5.74, 6) is -0.939.